The lowest BCUT2D eigenvalue weighted by Gasteiger charge is -2.15. The number of hydrogen-bond donors (Lipinski definition) is 0. The lowest BCUT2D eigenvalue weighted by Crippen LogP contribution is -2.20. The summed E-state index contributed by atoms with van der Waals surface area (Å²) in [5.74, 6) is 2.14. The maximum atomic E-state index is 6.38. The van der Waals surface area contributed by atoms with Crippen LogP contribution >= 0.6 is 11.6 Å². The van der Waals surface area contributed by atoms with Gasteiger partial charge in [-0.15, -0.1) is 0 Å². The van der Waals surface area contributed by atoms with Gasteiger partial charge in [-0.05, 0) is 45.8 Å². The number of aromatic nitrogens is 2. The molecule has 0 spiro atoms. The first kappa shape index (κ1) is 16.3. The molecule has 0 amide bonds. The van der Waals surface area contributed by atoms with Crippen LogP contribution in [0.25, 0.3) is 10.9 Å². The Hall–Kier alpha value is -1.59. The smallest absolute Gasteiger partial charge is 0.163 e. The topological polar surface area (TPSA) is 47.5 Å². The SMILES string of the molecule is CCOc1cc2nc(CN3CCCC3)nc(Cl)c2cc1OCC. The van der Waals surface area contributed by atoms with Gasteiger partial charge in [-0.2, -0.15) is 0 Å². The highest BCUT2D eigenvalue weighted by Gasteiger charge is 2.16. The lowest BCUT2D eigenvalue weighted by atomic mass is 10.2. The van der Waals surface area contributed by atoms with Crippen molar-refractivity contribution in [2.75, 3.05) is 26.3 Å². The largest absolute Gasteiger partial charge is 0.490 e. The molecule has 124 valence electrons. The van der Waals surface area contributed by atoms with Gasteiger partial charge in [-0.3, -0.25) is 4.90 Å². The minimum absolute atomic E-state index is 0.466. The van der Waals surface area contributed by atoms with E-state index < -0.39 is 0 Å². The van der Waals surface area contributed by atoms with Crippen molar-refractivity contribution in [2.45, 2.75) is 33.2 Å². The molecule has 3 rings (SSSR count). The summed E-state index contributed by atoms with van der Waals surface area (Å²) in [6, 6.07) is 3.76. The first-order chi connectivity index (χ1) is 11.2. The van der Waals surface area contributed by atoms with E-state index in [0.717, 1.165) is 36.4 Å². The Morgan fingerprint density at radius 3 is 2.35 bits per heavy atom. The standard InChI is InChI=1S/C17H22ClN3O2/c1-3-22-14-9-12-13(10-15(14)23-4-2)19-16(20-17(12)18)11-21-7-5-6-8-21/h9-10H,3-8,11H2,1-2H3. The fourth-order valence-corrected chi connectivity index (χ4v) is 3.14. The van der Waals surface area contributed by atoms with Crippen molar-refractivity contribution < 1.29 is 9.47 Å². The average Bonchev–Trinajstić information content (AvgIpc) is 3.02. The Bertz CT molecular complexity index is 687. The number of benzene rings is 1. The number of likely N-dealkylation sites (tertiary alicyclic amines) is 1. The highest BCUT2D eigenvalue weighted by Crippen LogP contribution is 2.34. The van der Waals surface area contributed by atoms with Gasteiger partial charge < -0.3 is 9.47 Å². The van der Waals surface area contributed by atoms with Gasteiger partial charge in [0.2, 0.25) is 0 Å². The predicted octanol–water partition coefficient (Wildman–Crippen LogP) is 3.68. The van der Waals surface area contributed by atoms with Crippen molar-refractivity contribution in [1.29, 1.82) is 0 Å². The van der Waals surface area contributed by atoms with Crippen molar-refractivity contribution in [1.82, 2.24) is 14.9 Å². The van der Waals surface area contributed by atoms with Crippen molar-refractivity contribution in [3.63, 3.8) is 0 Å². The van der Waals surface area contributed by atoms with Gasteiger partial charge in [-0.25, -0.2) is 9.97 Å². The molecule has 23 heavy (non-hydrogen) atoms. The van der Waals surface area contributed by atoms with Crippen LogP contribution in [0.4, 0.5) is 0 Å². The van der Waals surface area contributed by atoms with E-state index in [0.29, 0.717) is 29.9 Å². The Labute approximate surface area is 141 Å². The van der Waals surface area contributed by atoms with Gasteiger partial charge in [0.25, 0.3) is 0 Å². The molecule has 0 bridgehead atoms. The Morgan fingerprint density at radius 2 is 1.70 bits per heavy atom. The fraction of sp³-hybridized carbons (Fsp3) is 0.529. The van der Waals surface area contributed by atoms with E-state index in [9.17, 15) is 0 Å². The van der Waals surface area contributed by atoms with E-state index in [2.05, 4.69) is 14.9 Å². The molecule has 0 aliphatic carbocycles. The third-order valence-corrected chi connectivity index (χ3v) is 4.21. The first-order valence-electron chi connectivity index (χ1n) is 8.19. The summed E-state index contributed by atoms with van der Waals surface area (Å²) in [7, 11) is 0. The molecule has 1 aromatic heterocycles. The highest BCUT2D eigenvalue weighted by molar-refractivity contribution is 6.34. The van der Waals surface area contributed by atoms with E-state index >= 15 is 0 Å². The number of rotatable bonds is 6. The van der Waals surface area contributed by atoms with Gasteiger partial charge in [0.15, 0.2) is 11.5 Å². The molecule has 1 aliphatic rings. The second-order valence-corrected chi connectivity index (χ2v) is 5.95. The monoisotopic (exact) mass is 335 g/mol. The van der Waals surface area contributed by atoms with E-state index in [1.165, 1.54) is 12.8 Å². The van der Waals surface area contributed by atoms with E-state index in [1.54, 1.807) is 0 Å². The van der Waals surface area contributed by atoms with Crippen molar-refractivity contribution in [3.05, 3.63) is 23.1 Å². The van der Waals surface area contributed by atoms with Crippen LogP contribution in [-0.4, -0.2) is 41.2 Å². The minimum atomic E-state index is 0.466. The van der Waals surface area contributed by atoms with Crippen LogP contribution in [0.5, 0.6) is 11.5 Å². The Kier molecular flexibility index (Phi) is 5.18. The van der Waals surface area contributed by atoms with E-state index in [-0.39, 0.29) is 0 Å². The van der Waals surface area contributed by atoms with Crippen LogP contribution in [0.3, 0.4) is 0 Å². The lowest BCUT2D eigenvalue weighted by molar-refractivity contribution is 0.288. The summed E-state index contributed by atoms with van der Waals surface area (Å²) in [5, 5.41) is 1.26. The third-order valence-electron chi connectivity index (χ3n) is 3.92. The summed E-state index contributed by atoms with van der Waals surface area (Å²) >= 11 is 6.38. The van der Waals surface area contributed by atoms with Crippen LogP contribution < -0.4 is 9.47 Å². The van der Waals surface area contributed by atoms with Gasteiger partial charge in [-0.1, -0.05) is 11.6 Å². The number of ether oxygens (including phenoxy) is 2. The van der Waals surface area contributed by atoms with Crippen molar-refractivity contribution in [3.8, 4) is 11.5 Å². The van der Waals surface area contributed by atoms with E-state index in [1.807, 2.05) is 26.0 Å². The molecule has 6 heteroatoms. The Morgan fingerprint density at radius 1 is 1.04 bits per heavy atom. The summed E-state index contributed by atoms with van der Waals surface area (Å²) < 4.78 is 11.3. The maximum Gasteiger partial charge on any atom is 0.163 e. The van der Waals surface area contributed by atoms with Gasteiger partial charge in [0.1, 0.15) is 11.0 Å². The average molecular weight is 336 g/mol. The highest BCUT2D eigenvalue weighted by atomic mass is 35.5. The molecule has 0 atom stereocenters. The van der Waals surface area contributed by atoms with Crippen molar-refractivity contribution >= 4 is 22.5 Å². The zero-order chi connectivity index (χ0) is 16.2. The zero-order valence-electron chi connectivity index (χ0n) is 13.6. The summed E-state index contributed by atoms with van der Waals surface area (Å²) in [6.07, 6.45) is 2.49. The fourth-order valence-electron chi connectivity index (χ4n) is 2.89. The molecular weight excluding hydrogens is 314 g/mol. The molecule has 0 radical (unpaired) electrons. The molecule has 2 aromatic rings. The molecule has 1 aliphatic heterocycles. The van der Waals surface area contributed by atoms with Crippen LogP contribution in [-0.2, 0) is 6.54 Å². The van der Waals surface area contributed by atoms with Gasteiger partial charge in [0.05, 0.1) is 25.3 Å². The maximum absolute atomic E-state index is 6.38. The molecule has 1 saturated heterocycles. The number of hydrogen-bond acceptors (Lipinski definition) is 5. The van der Waals surface area contributed by atoms with Gasteiger partial charge >= 0.3 is 0 Å². The van der Waals surface area contributed by atoms with E-state index in [4.69, 9.17) is 21.1 Å². The second kappa shape index (κ2) is 7.32. The molecule has 5 nitrogen and oxygen atoms in total. The molecule has 1 fully saturated rings. The molecular formula is C17H22ClN3O2. The summed E-state index contributed by atoms with van der Waals surface area (Å²) in [6.45, 7) is 7.98. The van der Waals surface area contributed by atoms with Crippen LogP contribution in [0.15, 0.2) is 12.1 Å². The quantitative estimate of drug-likeness (QED) is 0.754. The number of nitrogens with zero attached hydrogens (tertiary/aromatic N) is 3. The first-order valence-corrected chi connectivity index (χ1v) is 8.57. The number of fused-ring (bicyclic) bond motifs is 1. The van der Waals surface area contributed by atoms with Crippen LogP contribution in [0, 0.1) is 0 Å². The second-order valence-electron chi connectivity index (χ2n) is 5.60. The van der Waals surface area contributed by atoms with Crippen LogP contribution in [0.2, 0.25) is 5.15 Å². The zero-order valence-corrected chi connectivity index (χ0v) is 14.4. The minimum Gasteiger partial charge on any atom is -0.490 e. The van der Waals surface area contributed by atoms with Crippen molar-refractivity contribution in [2.24, 2.45) is 0 Å². The molecule has 0 N–H and O–H groups in total. The summed E-state index contributed by atoms with van der Waals surface area (Å²) in [4.78, 5) is 11.5. The molecule has 0 unspecified atom stereocenters. The third kappa shape index (κ3) is 3.67. The van der Waals surface area contributed by atoms with Gasteiger partial charge in [0, 0.05) is 11.5 Å². The molecule has 2 heterocycles. The predicted molar refractivity (Wildman–Crippen MR) is 91.4 cm³/mol. The Balaban J connectivity index is 1.98. The summed E-state index contributed by atoms with van der Waals surface area (Å²) in [5.41, 5.74) is 0.797. The normalized spacial score (nSPS) is 15.3. The molecule has 1 aromatic carbocycles. The van der Waals surface area contributed by atoms with Crippen LogP contribution in [0.1, 0.15) is 32.5 Å². The number of halogens is 1. The molecule has 0 saturated carbocycles.